The summed E-state index contributed by atoms with van der Waals surface area (Å²) in [5, 5.41) is 20.1. The van der Waals surface area contributed by atoms with E-state index in [4.69, 9.17) is 4.74 Å². The van der Waals surface area contributed by atoms with Gasteiger partial charge in [-0.1, -0.05) is 13.8 Å². The molecule has 2 aromatic rings. The van der Waals surface area contributed by atoms with Gasteiger partial charge < -0.3 is 9.84 Å². The molecular formula is C13H17F2N5O2. The molecule has 0 spiro atoms. The summed E-state index contributed by atoms with van der Waals surface area (Å²) in [6, 6.07) is 1.95. The number of aromatic nitrogens is 5. The lowest BCUT2D eigenvalue weighted by atomic mass is 10.1. The molecule has 0 aliphatic carbocycles. The Morgan fingerprint density at radius 2 is 2.09 bits per heavy atom. The molecule has 2 rings (SSSR count). The zero-order chi connectivity index (χ0) is 16.1. The van der Waals surface area contributed by atoms with Crippen LogP contribution in [0.25, 0.3) is 0 Å². The molecule has 9 heteroatoms. The first-order chi connectivity index (χ1) is 10.5. The van der Waals surface area contributed by atoms with Crippen LogP contribution < -0.4 is 4.74 Å². The third-order valence-corrected chi connectivity index (χ3v) is 2.88. The van der Waals surface area contributed by atoms with E-state index < -0.39 is 18.6 Å². The zero-order valence-electron chi connectivity index (χ0n) is 12.2. The Bertz CT molecular complexity index is 562. The fourth-order valence-electron chi connectivity index (χ4n) is 1.82. The van der Waals surface area contributed by atoms with Crippen molar-refractivity contribution in [2.45, 2.75) is 32.4 Å². The molecule has 0 saturated heterocycles. The molecule has 0 aliphatic rings. The SMILES string of the molecule is CC(C)COc1ccc(C(C(O)C(F)F)n2cnnn2)nc1. The van der Waals surface area contributed by atoms with Gasteiger partial charge in [0.1, 0.15) is 24.2 Å². The van der Waals surface area contributed by atoms with Crippen LogP contribution in [0.1, 0.15) is 25.6 Å². The van der Waals surface area contributed by atoms with Crippen molar-refractivity contribution in [1.82, 2.24) is 25.2 Å². The van der Waals surface area contributed by atoms with Gasteiger partial charge in [0.05, 0.1) is 18.5 Å². The van der Waals surface area contributed by atoms with Crippen molar-refractivity contribution >= 4 is 0 Å². The van der Waals surface area contributed by atoms with Crippen LogP contribution in [0.15, 0.2) is 24.7 Å². The van der Waals surface area contributed by atoms with E-state index in [1.54, 1.807) is 6.07 Å². The van der Waals surface area contributed by atoms with Crippen molar-refractivity contribution in [3.63, 3.8) is 0 Å². The molecule has 0 fully saturated rings. The van der Waals surface area contributed by atoms with Gasteiger partial charge >= 0.3 is 0 Å². The maximum atomic E-state index is 12.9. The average Bonchev–Trinajstić information content (AvgIpc) is 3.00. The highest BCUT2D eigenvalue weighted by atomic mass is 19.3. The Kier molecular flexibility index (Phi) is 5.31. The Morgan fingerprint density at radius 1 is 1.32 bits per heavy atom. The molecule has 7 nitrogen and oxygen atoms in total. The smallest absolute Gasteiger partial charge is 0.266 e. The van der Waals surface area contributed by atoms with Crippen molar-refractivity contribution in [2.75, 3.05) is 6.61 Å². The first-order valence-electron chi connectivity index (χ1n) is 6.76. The van der Waals surface area contributed by atoms with Crippen molar-refractivity contribution < 1.29 is 18.6 Å². The van der Waals surface area contributed by atoms with E-state index in [-0.39, 0.29) is 5.69 Å². The molecule has 2 aromatic heterocycles. The van der Waals surface area contributed by atoms with E-state index in [0.29, 0.717) is 18.3 Å². The number of ether oxygens (including phenoxy) is 1. The minimum Gasteiger partial charge on any atom is -0.492 e. The van der Waals surface area contributed by atoms with Gasteiger partial charge in [0.25, 0.3) is 6.43 Å². The Labute approximate surface area is 125 Å². The van der Waals surface area contributed by atoms with Crippen molar-refractivity contribution in [3.8, 4) is 5.75 Å². The number of rotatable bonds is 7. The van der Waals surface area contributed by atoms with Gasteiger partial charge in [-0.3, -0.25) is 4.98 Å². The topological polar surface area (TPSA) is 86.0 Å². The third-order valence-electron chi connectivity index (χ3n) is 2.88. The number of aliphatic hydroxyl groups excluding tert-OH is 1. The molecule has 0 saturated carbocycles. The largest absolute Gasteiger partial charge is 0.492 e. The van der Waals surface area contributed by atoms with Crippen molar-refractivity contribution in [3.05, 3.63) is 30.4 Å². The Hall–Kier alpha value is -2.16. The fraction of sp³-hybridized carbons (Fsp3) is 0.538. The maximum absolute atomic E-state index is 12.9. The number of alkyl halides is 2. The summed E-state index contributed by atoms with van der Waals surface area (Å²) >= 11 is 0. The van der Waals surface area contributed by atoms with Crippen LogP contribution >= 0.6 is 0 Å². The van der Waals surface area contributed by atoms with Crippen LogP contribution in [0, 0.1) is 5.92 Å². The summed E-state index contributed by atoms with van der Waals surface area (Å²) in [5.74, 6) is 0.883. The number of tetrazole rings is 1. The summed E-state index contributed by atoms with van der Waals surface area (Å²) in [4.78, 5) is 4.08. The minimum absolute atomic E-state index is 0.219. The summed E-state index contributed by atoms with van der Waals surface area (Å²) < 4.78 is 32.3. The van der Waals surface area contributed by atoms with Gasteiger partial charge in [0.15, 0.2) is 0 Å². The van der Waals surface area contributed by atoms with E-state index in [1.807, 2.05) is 13.8 Å². The average molecular weight is 313 g/mol. The quantitative estimate of drug-likeness (QED) is 0.829. The number of aliphatic hydroxyl groups is 1. The number of nitrogens with zero attached hydrogens (tertiary/aromatic N) is 5. The predicted molar refractivity (Wildman–Crippen MR) is 72.5 cm³/mol. The lowest BCUT2D eigenvalue weighted by Crippen LogP contribution is -2.32. The van der Waals surface area contributed by atoms with E-state index >= 15 is 0 Å². The molecule has 2 unspecified atom stereocenters. The van der Waals surface area contributed by atoms with Crippen LogP contribution in [0.3, 0.4) is 0 Å². The molecule has 0 radical (unpaired) electrons. The van der Waals surface area contributed by atoms with E-state index in [1.165, 1.54) is 12.3 Å². The number of hydrogen-bond donors (Lipinski definition) is 1. The summed E-state index contributed by atoms with van der Waals surface area (Å²) in [6.07, 6.45) is -2.35. The van der Waals surface area contributed by atoms with Gasteiger partial charge in [-0.15, -0.1) is 5.10 Å². The van der Waals surface area contributed by atoms with Crippen molar-refractivity contribution in [1.29, 1.82) is 0 Å². The lowest BCUT2D eigenvalue weighted by molar-refractivity contribution is -0.0292. The van der Waals surface area contributed by atoms with Gasteiger partial charge in [0, 0.05) is 0 Å². The highest BCUT2D eigenvalue weighted by Gasteiger charge is 2.32. The van der Waals surface area contributed by atoms with Crippen molar-refractivity contribution in [2.24, 2.45) is 5.92 Å². The molecule has 0 aromatic carbocycles. The molecule has 2 heterocycles. The van der Waals surface area contributed by atoms with Gasteiger partial charge in [0.2, 0.25) is 0 Å². The third kappa shape index (κ3) is 3.94. The van der Waals surface area contributed by atoms with Gasteiger partial charge in [-0.2, -0.15) is 0 Å². The van der Waals surface area contributed by atoms with Gasteiger partial charge in [-0.05, 0) is 28.5 Å². The second kappa shape index (κ2) is 7.21. The lowest BCUT2D eigenvalue weighted by Gasteiger charge is -2.21. The molecule has 0 amide bonds. The van der Waals surface area contributed by atoms with Crippen LogP contribution in [0.4, 0.5) is 8.78 Å². The molecule has 0 aliphatic heterocycles. The van der Waals surface area contributed by atoms with E-state index in [0.717, 1.165) is 11.0 Å². The molecule has 22 heavy (non-hydrogen) atoms. The minimum atomic E-state index is -2.95. The van der Waals surface area contributed by atoms with E-state index in [9.17, 15) is 13.9 Å². The van der Waals surface area contributed by atoms with E-state index in [2.05, 4.69) is 20.5 Å². The first kappa shape index (κ1) is 16.2. The standard InChI is InChI=1S/C13H17F2N5O2/c1-8(2)6-22-9-3-4-10(16-5-9)11(12(21)13(14)15)20-7-17-18-19-20/h3-5,7-8,11-13,21H,6H2,1-2H3. The van der Waals surface area contributed by atoms with Crippen LogP contribution in [0.2, 0.25) is 0 Å². The fourth-order valence-corrected chi connectivity index (χ4v) is 1.82. The molecule has 1 N–H and O–H groups in total. The monoisotopic (exact) mass is 313 g/mol. The second-order valence-corrected chi connectivity index (χ2v) is 5.18. The summed E-state index contributed by atoms with van der Waals surface area (Å²) in [5.41, 5.74) is 0.219. The second-order valence-electron chi connectivity index (χ2n) is 5.18. The number of halogens is 2. The highest BCUT2D eigenvalue weighted by molar-refractivity contribution is 5.22. The van der Waals surface area contributed by atoms with Gasteiger partial charge in [-0.25, -0.2) is 13.5 Å². The van der Waals surface area contributed by atoms with Crippen LogP contribution in [-0.2, 0) is 0 Å². The van der Waals surface area contributed by atoms with Crippen LogP contribution in [-0.4, -0.2) is 49.4 Å². The maximum Gasteiger partial charge on any atom is 0.266 e. The highest BCUT2D eigenvalue weighted by Crippen LogP contribution is 2.24. The summed E-state index contributed by atoms with van der Waals surface area (Å²) in [6.45, 7) is 4.54. The number of pyridine rings is 1. The first-order valence-corrected chi connectivity index (χ1v) is 6.76. The predicted octanol–water partition coefficient (Wildman–Crippen LogP) is 1.32. The number of hydrogen-bond acceptors (Lipinski definition) is 6. The molecule has 0 bridgehead atoms. The zero-order valence-corrected chi connectivity index (χ0v) is 12.2. The summed E-state index contributed by atoms with van der Waals surface area (Å²) in [7, 11) is 0. The molecule has 2 atom stereocenters. The Balaban J connectivity index is 2.21. The molecule has 120 valence electrons. The molecular weight excluding hydrogens is 296 g/mol. The Morgan fingerprint density at radius 3 is 2.59 bits per heavy atom. The van der Waals surface area contributed by atoms with Crippen LogP contribution in [0.5, 0.6) is 5.75 Å². The normalized spacial score (nSPS) is 14.3.